The van der Waals surface area contributed by atoms with Gasteiger partial charge in [0.05, 0.1) is 0 Å². The van der Waals surface area contributed by atoms with Crippen LogP contribution in [0.1, 0.15) is 19.8 Å². The third kappa shape index (κ3) is 3.54. The molecule has 3 heteroatoms. The highest BCUT2D eigenvalue weighted by molar-refractivity contribution is 5.75. The fraction of sp³-hybridized carbons (Fsp3) is 0.333. The Balaban J connectivity index is 0.000000158. The first-order valence-electron chi connectivity index (χ1n) is 4.97. The van der Waals surface area contributed by atoms with Crippen LogP contribution in [0.4, 0.5) is 0 Å². The van der Waals surface area contributed by atoms with Gasteiger partial charge in [-0.3, -0.25) is 9.59 Å². The summed E-state index contributed by atoms with van der Waals surface area (Å²) < 4.78 is 4.42. The van der Waals surface area contributed by atoms with Gasteiger partial charge in [-0.2, -0.15) is 0 Å². The van der Waals surface area contributed by atoms with Gasteiger partial charge in [0.1, 0.15) is 6.61 Å². The highest BCUT2D eigenvalue weighted by Gasteiger charge is 2.03. The Kier molecular flexibility index (Phi) is 4.54. The monoisotopic (exact) mass is 206 g/mol. The Morgan fingerprint density at radius 2 is 1.80 bits per heavy atom. The zero-order valence-corrected chi connectivity index (χ0v) is 8.73. The fourth-order valence-corrected chi connectivity index (χ4v) is 1.07. The summed E-state index contributed by atoms with van der Waals surface area (Å²) in [6.07, 6.45) is 1.72. The fourth-order valence-electron chi connectivity index (χ4n) is 1.07. The maximum atomic E-state index is 10.4. The third-order valence-corrected chi connectivity index (χ3v) is 1.98. The van der Waals surface area contributed by atoms with Crippen LogP contribution in [0, 0.1) is 0 Å². The molecule has 0 saturated heterocycles. The number of fused-ring (bicyclic) bond motifs is 1. The Bertz CT molecular complexity index is 306. The van der Waals surface area contributed by atoms with E-state index in [2.05, 4.69) is 29.0 Å². The number of benzene rings is 1. The molecule has 2 aliphatic rings. The first kappa shape index (κ1) is 11.4. The van der Waals surface area contributed by atoms with E-state index in [1.807, 2.05) is 6.92 Å². The largest absolute Gasteiger partial charge is 0.458 e. The van der Waals surface area contributed by atoms with Crippen LogP contribution < -0.4 is 0 Å². The molecule has 0 aliphatic heterocycles. The zero-order valence-electron chi connectivity index (χ0n) is 8.73. The summed E-state index contributed by atoms with van der Waals surface area (Å²) in [7, 11) is 0. The Labute approximate surface area is 89.1 Å². The second-order valence-electron chi connectivity index (χ2n) is 3.18. The normalized spacial score (nSPS) is 9.67. The van der Waals surface area contributed by atoms with Crippen LogP contribution in [-0.2, 0) is 14.3 Å². The van der Waals surface area contributed by atoms with Crippen molar-refractivity contribution in [1.82, 2.24) is 0 Å². The van der Waals surface area contributed by atoms with Crippen molar-refractivity contribution in [3.63, 3.8) is 0 Å². The van der Waals surface area contributed by atoms with E-state index in [0.29, 0.717) is 12.7 Å². The van der Waals surface area contributed by atoms with Crippen molar-refractivity contribution in [2.75, 3.05) is 6.61 Å². The molecule has 0 unspecified atom stereocenters. The quantitative estimate of drug-likeness (QED) is 0.569. The van der Waals surface area contributed by atoms with Crippen molar-refractivity contribution >= 4 is 12.3 Å². The minimum atomic E-state index is -0.301. The molecule has 0 heterocycles. The van der Waals surface area contributed by atoms with Crippen LogP contribution in [0.3, 0.4) is 0 Å². The SMILES string of the molecule is CCCC(=O)OCC=O.c1cc2ccc1-2. The van der Waals surface area contributed by atoms with Crippen molar-refractivity contribution in [2.24, 2.45) is 0 Å². The number of carbonyl (C=O) groups excluding carboxylic acids is 2. The first-order chi connectivity index (χ1) is 7.27. The molecule has 80 valence electrons. The van der Waals surface area contributed by atoms with E-state index in [9.17, 15) is 9.59 Å². The highest BCUT2D eigenvalue weighted by atomic mass is 16.5. The van der Waals surface area contributed by atoms with Crippen LogP contribution in [-0.4, -0.2) is 18.9 Å². The third-order valence-electron chi connectivity index (χ3n) is 1.98. The van der Waals surface area contributed by atoms with Crippen LogP contribution >= 0.6 is 0 Å². The van der Waals surface area contributed by atoms with Gasteiger partial charge in [-0.05, 0) is 17.5 Å². The average Bonchev–Trinajstić information content (AvgIpc) is 2.22. The van der Waals surface area contributed by atoms with Crippen LogP contribution in [0.15, 0.2) is 24.3 Å². The number of rotatable bonds is 4. The summed E-state index contributed by atoms with van der Waals surface area (Å²) in [5, 5.41) is 0. The van der Waals surface area contributed by atoms with E-state index in [1.54, 1.807) is 0 Å². The topological polar surface area (TPSA) is 43.4 Å². The summed E-state index contributed by atoms with van der Waals surface area (Å²) >= 11 is 0. The second-order valence-corrected chi connectivity index (χ2v) is 3.18. The van der Waals surface area contributed by atoms with Crippen LogP contribution in [0.25, 0.3) is 11.1 Å². The van der Waals surface area contributed by atoms with Crippen molar-refractivity contribution in [1.29, 1.82) is 0 Å². The lowest BCUT2D eigenvalue weighted by molar-refractivity contribution is -0.145. The number of carbonyl (C=O) groups is 2. The average molecular weight is 206 g/mol. The minimum absolute atomic E-state index is 0.112. The van der Waals surface area contributed by atoms with Gasteiger partial charge < -0.3 is 4.74 Å². The highest BCUT2D eigenvalue weighted by Crippen LogP contribution is 2.29. The van der Waals surface area contributed by atoms with Crippen LogP contribution in [0.5, 0.6) is 0 Å². The zero-order chi connectivity index (χ0) is 11.1. The molecule has 0 atom stereocenters. The molecule has 0 bridgehead atoms. The lowest BCUT2D eigenvalue weighted by atomic mass is 9.95. The summed E-state index contributed by atoms with van der Waals surface area (Å²) in [5.41, 5.74) is 2.85. The molecule has 15 heavy (non-hydrogen) atoms. The number of esters is 1. The molecule has 0 radical (unpaired) electrons. The standard InChI is InChI=1S/C6H10O3.C6H4/c1-2-3-6(8)9-5-4-7;1-2-6-4-3-5(1)6/h4H,2-3,5H2,1H3;1-4H. The number of ether oxygens (including phenoxy) is 1. The maximum Gasteiger partial charge on any atom is 0.306 e. The van der Waals surface area contributed by atoms with Crippen molar-refractivity contribution in [3.05, 3.63) is 24.3 Å². The lowest BCUT2D eigenvalue weighted by Crippen LogP contribution is -2.05. The molecule has 0 fully saturated rings. The summed E-state index contributed by atoms with van der Waals surface area (Å²) in [4.78, 5) is 20.1. The number of aldehydes is 1. The Morgan fingerprint density at radius 3 is 2.07 bits per heavy atom. The van der Waals surface area contributed by atoms with Crippen LogP contribution in [0.2, 0.25) is 0 Å². The maximum absolute atomic E-state index is 10.4. The smallest absolute Gasteiger partial charge is 0.306 e. The Morgan fingerprint density at radius 1 is 1.27 bits per heavy atom. The second kappa shape index (κ2) is 5.96. The van der Waals surface area contributed by atoms with E-state index < -0.39 is 0 Å². The van der Waals surface area contributed by atoms with Gasteiger partial charge in [0, 0.05) is 6.42 Å². The molecule has 2 rings (SSSR count). The molecule has 2 aliphatic carbocycles. The van der Waals surface area contributed by atoms with Crippen molar-refractivity contribution in [3.8, 4) is 11.1 Å². The van der Waals surface area contributed by atoms with E-state index in [4.69, 9.17) is 0 Å². The molecule has 3 nitrogen and oxygen atoms in total. The number of hydrogen-bond acceptors (Lipinski definition) is 3. The predicted octanol–water partition coefficient (Wildman–Crippen LogP) is 2.20. The summed E-state index contributed by atoms with van der Waals surface area (Å²) in [5.74, 6) is -0.301. The van der Waals surface area contributed by atoms with Crippen molar-refractivity contribution in [2.45, 2.75) is 19.8 Å². The molecule has 0 spiro atoms. The molecule has 0 aromatic rings. The molecule has 0 saturated carbocycles. The van der Waals surface area contributed by atoms with Gasteiger partial charge >= 0.3 is 5.97 Å². The van der Waals surface area contributed by atoms with Gasteiger partial charge in [0.25, 0.3) is 0 Å². The molecule has 0 aromatic heterocycles. The summed E-state index contributed by atoms with van der Waals surface area (Å²) in [6.45, 7) is 1.76. The van der Waals surface area contributed by atoms with Gasteiger partial charge in [-0.15, -0.1) is 0 Å². The van der Waals surface area contributed by atoms with Gasteiger partial charge in [0.2, 0.25) is 0 Å². The minimum Gasteiger partial charge on any atom is -0.458 e. The molecule has 0 aromatic carbocycles. The van der Waals surface area contributed by atoms with Gasteiger partial charge in [0.15, 0.2) is 6.29 Å². The molecular formula is C12H14O3. The molecule has 0 amide bonds. The van der Waals surface area contributed by atoms with E-state index in [1.165, 1.54) is 11.1 Å². The Hall–Kier alpha value is -1.64. The predicted molar refractivity (Wildman–Crippen MR) is 57.4 cm³/mol. The lowest BCUT2D eigenvalue weighted by Gasteiger charge is -2.10. The van der Waals surface area contributed by atoms with E-state index in [0.717, 1.165) is 6.42 Å². The van der Waals surface area contributed by atoms with E-state index >= 15 is 0 Å². The summed E-state index contributed by atoms with van der Waals surface area (Å²) in [6, 6.07) is 8.48. The number of hydrogen-bond donors (Lipinski definition) is 0. The molecule has 0 N–H and O–H groups in total. The first-order valence-corrected chi connectivity index (χ1v) is 4.97. The van der Waals surface area contributed by atoms with Crippen molar-refractivity contribution < 1.29 is 14.3 Å². The van der Waals surface area contributed by atoms with E-state index in [-0.39, 0.29) is 12.6 Å². The van der Waals surface area contributed by atoms with Gasteiger partial charge in [-0.25, -0.2) is 0 Å². The molecular weight excluding hydrogens is 192 g/mol. The van der Waals surface area contributed by atoms with Gasteiger partial charge in [-0.1, -0.05) is 31.2 Å².